The molecule has 1 atom stereocenters. The number of rotatable bonds is 5. The molecule has 1 amide bonds. The minimum absolute atomic E-state index is 0.163. The van der Waals surface area contributed by atoms with Crippen molar-refractivity contribution in [3.63, 3.8) is 0 Å². The summed E-state index contributed by atoms with van der Waals surface area (Å²) in [5, 5.41) is 4.86. The van der Waals surface area contributed by atoms with Gasteiger partial charge in [0.05, 0.1) is 0 Å². The number of fused-ring (bicyclic) bond motifs is 1. The van der Waals surface area contributed by atoms with Gasteiger partial charge in [0.2, 0.25) is 0 Å². The minimum atomic E-state index is 0.163. The molecule has 0 aromatic carbocycles. The fourth-order valence-electron chi connectivity index (χ4n) is 5.54. The van der Waals surface area contributed by atoms with Gasteiger partial charge in [-0.05, 0) is 57.8 Å². The average molecular weight is 412 g/mol. The van der Waals surface area contributed by atoms with Gasteiger partial charge >= 0.3 is 0 Å². The number of carbonyl (C=O) groups is 1. The van der Waals surface area contributed by atoms with Crippen molar-refractivity contribution in [3.8, 4) is 12.5 Å². The van der Waals surface area contributed by atoms with Crippen molar-refractivity contribution in [2.24, 2.45) is 0 Å². The lowest BCUT2D eigenvalue weighted by atomic mass is 9.88. The molecule has 6 heteroatoms. The van der Waals surface area contributed by atoms with E-state index in [-0.39, 0.29) is 5.91 Å². The summed E-state index contributed by atoms with van der Waals surface area (Å²) >= 11 is 0. The van der Waals surface area contributed by atoms with Crippen LogP contribution in [-0.4, -0.2) is 75.7 Å². The van der Waals surface area contributed by atoms with Crippen LogP contribution < -0.4 is 0 Å². The van der Waals surface area contributed by atoms with E-state index in [1.165, 1.54) is 17.7 Å². The van der Waals surface area contributed by atoms with Gasteiger partial charge in [-0.3, -0.25) is 14.4 Å². The molecule has 0 radical (unpaired) electrons. The first-order valence-electron chi connectivity index (χ1n) is 11.9. The van der Waals surface area contributed by atoms with Gasteiger partial charge in [0.1, 0.15) is 0 Å². The van der Waals surface area contributed by atoms with Crippen LogP contribution in [0.3, 0.4) is 0 Å². The van der Waals surface area contributed by atoms with Crippen LogP contribution in [0.1, 0.15) is 73.6 Å². The maximum absolute atomic E-state index is 13.3. The van der Waals surface area contributed by atoms with Crippen LogP contribution in [0.2, 0.25) is 0 Å². The Morgan fingerprint density at radius 3 is 2.57 bits per heavy atom. The third kappa shape index (κ3) is 4.23. The van der Waals surface area contributed by atoms with Gasteiger partial charge in [-0.25, -0.2) is 0 Å². The normalized spacial score (nSPS) is 23.1. The Bertz CT molecular complexity index is 780. The van der Waals surface area contributed by atoms with Gasteiger partial charge in [0.25, 0.3) is 5.91 Å². The van der Waals surface area contributed by atoms with Crippen molar-refractivity contribution in [2.75, 3.05) is 33.2 Å². The van der Waals surface area contributed by atoms with E-state index < -0.39 is 0 Å². The maximum Gasteiger partial charge on any atom is 0.274 e. The minimum Gasteiger partial charge on any atom is -0.337 e. The fourth-order valence-corrected chi connectivity index (χ4v) is 5.54. The summed E-state index contributed by atoms with van der Waals surface area (Å²) in [6.07, 6.45) is 15.5. The molecule has 2 saturated heterocycles. The van der Waals surface area contributed by atoms with Gasteiger partial charge in [0.15, 0.2) is 5.69 Å². The Morgan fingerprint density at radius 1 is 1.17 bits per heavy atom. The van der Waals surface area contributed by atoms with E-state index in [1.54, 1.807) is 0 Å². The number of hydrogen-bond acceptors (Lipinski definition) is 4. The average Bonchev–Trinajstić information content (AvgIpc) is 3.16. The van der Waals surface area contributed by atoms with Gasteiger partial charge in [0, 0.05) is 69.2 Å². The predicted molar refractivity (Wildman–Crippen MR) is 119 cm³/mol. The Kier molecular flexibility index (Phi) is 6.67. The molecule has 0 N–H and O–H groups in total. The maximum atomic E-state index is 13.3. The predicted octanol–water partition coefficient (Wildman–Crippen LogP) is 2.76. The summed E-state index contributed by atoms with van der Waals surface area (Å²) in [6, 6.07) is 3.78. The molecule has 2 fully saturated rings. The quantitative estimate of drug-likeness (QED) is 0.552. The zero-order chi connectivity index (χ0) is 21.1. The molecule has 30 heavy (non-hydrogen) atoms. The first-order valence-corrected chi connectivity index (χ1v) is 11.9. The third-order valence-corrected chi connectivity index (χ3v) is 7.37. The lowest BCUT2D eigenvalue weighted by Crippen LogP contribution is -2.48. The zero-order valence-corrected chi connectivity index (χ0v) is 18.8. The van der Waals surface area contributed by atoms with E-state index in [9.17, 15) is 4.79 Å². The largest absolute Gasteiger partial charge is 0.337 e. The van der Waals surface area contributed by atoms with Crippen molar-refractivity contribution in [2.45, 2.75) is 83.3 Å². The smallest absolute Gasteiger partial charge is 0.274 e. The number of aromatic nitrogens is 2. The number of likely N-dealkylation sites (tertiary alicyclic amines) is 2. The van der Waals surface area contributed by atoms with Crippen LogP contribution in [0.25, 0.3) is 0 Å². The monoisotopic (exact) mass is 411 g/mol. The van der Waals surface area contributed by atoms with E-state index in [0.717, 1.165) is 89.8 Å². The fraction of sp³-hybridized carbons (Fsp3) is 0.750. The summed E-state index contributed by atoms with van der Waals surface area (Å²) < 4.78 is 2.14. The van der Waals surface area contributed by atoms with Crippen molar-refractivity contribution in [1.82, 2.24) is 24.5 Å². The van der Waals surface area contributed by atoms with E-state index in [1.807, 2.05) is 16.8 Å². The molecule has 0 spiro atoms. The molecule has 3 heterocycles. The van der Waals surface area contributed by atoms with Gasteiger partial charge in [-0.15, -0.1) is 0 Å². The van der Waals surface area contributed by atoms with Gasteiger partial charge in [-0.1, -0.05) is 13.3 Å². The summed E-state index contributed by atoms with van der Waals surface area (Å²) in [4.78, 5) is 20.0. The highest BCUT2D eigenvalue weighted by Crippen LogP contribution is 2.30. The van der Waals surface area contributed by atoms with E-state index in [0.29, 0.717) is 12.1 Å². The second-order valence-corrected chi connectivity index (χ2v) is 9.25. The Labute approximate surface area is 181 Å². The van der Waals surface area contributed by atoms with Crippen molar-refractivity contribution in [3.05, 3.63) is 17.0 Å². The first-order chi connectivity index (χ1) is 14.6. The molecular formula is C24H37N5O. The summed E-state index contributed by atoms with van der Waals surface area (Å²) in [6.45, 7) is 7.04. The molecule has 164 valence electrons. The molecule has 1 unspecified atom stereocenters. The number of hydrogen-bond donors (Lipinski definition) is 0. The molecule has 6 nitrogen and oxygen atoms in total. The van der Waals surface area contributed by atoms with Crippen LogP contribution in [0, 0.1) is 12.5 Å². The summed E-state index contributed by atoms with van der Waals surface area (Å²) in [5.41, 5.74) is 3.29. The number of nitrogens with zero attached hydrogens (tertiary/aromatic N) is 5. The highest BCUT2D eigenvalue weighted by Gasteiger charge is 2.34. The number of aryl methyl sites for hydroxylation is 1. The van der Waals surface area contributed by atoms with Crippen molar-refractivity contribution in [1.29, 1.82) is 0 Å². The van der Waals surface area contributed by atoms with Crippen LogP contribution in [-0.2, 0) is 19.4 Å². The van der Waals surface area contributed by atoms with Gasteiger partial charge in [-0.2, -0.15) is 5.10 Å². The van der Waals surface area contributed by atoms with Crippen molar-refractivity contribution >= 4 is 5.91 Å². The Balaban J connectivity index is 1.50. The topological polar surface area (TPSA) is 44.6 Å². The Morgan fingerprint density at radius 2 is 1.90 bits per heavy atom. The summed E-state index contributed by atoms with van der Waals surface area (Å²) in [5.74, 6) is 0.163. The van der Waals surface area contributed by atoms with Crippen molar-refractivity contribution < 1.29 is 4.79 Å². The summed E-state index contributed by atoms with van der Waals surface area (Å²) in [7, 11) is 2.02. The van der Waals surface area contributed by atoms with E-state index in [4.69, 9.17) is 11.5 Å². The first kappa shape index (κ1) is 21.2. The molecule has 1 aromatic heterocycles. The third-order valence-electron chi connectivity index (χ3n) is 7.37. The number of piperidine rings is 2. The molecule has 1 aliphatic carbocycles. The van der Waals surface area contributed by atoms with E-state index in [2.05, 4.69) is 22.5 Å². The SMILES string of the molecule is C#CN(C)C1CCN(C2CCc3c(c(C(=O)N4CCCCC4)nn3CCC)C2)CC1. The second kappa shape index (κ2) is 9.43. The lowest BCUT2D eigenvalue weighted by Gasteiger charge is -2.41. The van der Waals surface area contributed by atoms with Crippen LogP contribution >= 0.6 is 0 Å². The number of carbonyl (C=O) groups excluding carboxylic acids is 1. The second-order valence-electron chi connectivity index (χ2n) is 9.25. The van der Waals surface area contributed by atoms with Crippen LogP contribution in [0.5, 0.6) is 0 Å². The highest BCUT2D eigenvalue weighted by atomic mass is 16.2. The Hall–Kier alpha value is -2.00. The van der Waals surface area contributed by atoms with E-state index >= 15 is 0 Å². The molecule has 1 aromatic rings. The number of terminal acetylenes is 1. The highest BCUT2D eigenvalue weighted by molar-refractivity contribution is 5.94. The molecule has 3 aliphatic rings. The molecule has 0 saturated carbocycles. The number of amides is 1. The van der Waals surface area contributed by atoms with Crippen LogP contribution in [0.4, 0.5) is 0 Å². The molecule has 4 rings (SSSR count). The molecule has 0 bridgehead atoms. The van der Waals surface area contributed by atoms with Gasteiger partial charge < -0.3 is 9.80 Å². The lowest BCUT2D eigenvalue weighted by molar-refractivity contribution is 0.0714. The zero-order valence-electron chi connectivity index (χ0n) is 18.8. The molecular weight excluding hydrogens is 374 g/mol. The van der Waals surface area contributed by atoms with Crippen LogP contribution in [0.15, 0.2) is 0 Å². The standard InChI is InChI=1S/C24H37N5O/c1-4-13-29-22-10-9-20(27-16-11-19(12-17-27)26(3)5-2)18-21(22)23(25-29)24(30)28-14-7-6-8-15-28/h2,19-20H,4,6-18H2,1,3H3. The molecule has 2 aliphatic heterocycles.